The molecule has 9 nitrogen and oxygen atoms in total. The number of ether oxygens (including phenoxy) is 1. The zero-order valence-corrected chi connectivity index (χ0v) is 17.7. The van der Waals surface area contributed by atoms with Crippen LogP contribution in [0.1, 0.15) is 19.3 Å². The fourth-order valence-electron chi connectivity index (χ4n) is 4.29. The lowest BCUT2D eigenvalue weighted by molar-refractivity contribution is 0.413. The topological polar surface area (TPSA) is 108 Å². The fourth-order valence-corrected chi connectivity index (χ4v) is 4.29. The molecule has 0 amide bonds. The van der Waals surface area contributed by atoms with Crippen LogP contribution in [-0.2, 0) is 0 Å². The molecular formula is C23H22N8O. The monoisotopic (exact) mass is 426 g/mol. The summed E-state index contributed by atoms with van der Waals surface area (Å²) in [6.07, 6.45) is 10.8. The number of nitrogens with zero attached hydrogens (tertiary/aromatic N) is 6. The van der Waals surface area contributed by atoms with Crippen LogP contribution in [0.2, 0.25) is 0 Å². The van der Waals surface area contributed by atoms with E-state index < -0.39 is 0 Å². The van der Waals surface area contributed by atoms with Crippen molar-refractivity contribution in [3.8, 4) is 28.5 Å². The van der Waals surface area contributed by atoms with E-state index in [9.17, 15) is 0 Å². The summed E-state index contributed by atoms with van der Waals surface area (Å²) < 4.78 is 5.30. The summed E-state index contributed by atoms with van der Waals surface area (Å²) in [6, 6.07) is 5.83. The summed E-state index contributed by atoms with van der Waals surface area (Å²) >= 11 is 0. The second kappa shape index (κ2) is 7.60. The average Bonchev–Trinajstić information content (AvgIpc) is 3.48. The van der Waals surface area contributed by atoms with Gasteiger partial charge in [0.15, 0.2) is 11.5 Å². The number of fused-ring (bicyclic) bond motifs is 2. The number of nitrogens with one attached hydrogen (secondary N) is 2. The van der Waals surface area contributed by atoms with Gasteiger partial charge in [0.2, 0.25) is 0 Å². The van der Waals surface area contributed by atoms with Gasteiger partial charge in [0.05, 0.1) is 48.1 Å². The second-order valence-corrected chi connectivity index (χ2v) is 7.97. The summed E-state index contributed by atoms with van der Waals surface area (Å²) in [7, 11) is 1.63. The van der Waals surface area contributed by atoms with Gasteiger partial charge in [-0.3, -0.25) is 15.1 Å². The van der Waals surface area contributed by atoms with Crippen molar-refractivity contribution in [2.75, 3.05) is 25.1 Å². The van der Waals surface area contributed by atoms with E-state index in [2.05, 4.69) is 30.0 Å². The van der Waals surface area contributed by atoms with E-state index in [1.807, 2.05) is 30.6 Å². The molecule has 1 aliphatic rings. The number of imidazole rings is 1. The minimum Gasteiger partial charge on any atom is -0.495 e. The highest BCUT2D eigenvalue weighted by Crippen LogP contribution is 2.31. The van der Waals surface area contributed by atoms with Gasteiger partial charge < -0.3 is 14.6 Å². The van der Waals surface area contributed by atoms with Crippen LogP contribution < -0.4 is 9.64 Å². The first-order chi connectivity index (χ1) is 15.8. The minimum absolute atomic E-state index is 0.672. The zero-order chi connectivity index (χ0) is 21.5. The molecule has 1 aliphatic heterocycles. The predicted molar refractivity (Wildman–Crippen MR) is 123 cm³/mol. The lowest BCUT2D eigenvalue weighted by Gasteiger charge is -2.28. The number of methoxy groups -OCH3 is 1. The molecule has 0 aromatic carbocycles. The molecular weight excluding hydrogens is 404 g/mol. The predicted octanol–water partition coefficient (Wildman–Crippen LogP) is 3.96. The quantitative estimate of drug-likeness (QED) is 0.448. The van der Waals surface area contributed by atoms with Gasteiger partial charge in [0.1, 0.15) is 16.8 Å². The number of anilines is 1. The molecule has 5 aromatic rings. The van der Waals surface area contributed by atoms with Crippen molar-refractivity contribution in [2.45, 2.75) is 19.3 Å². The number of pyridine rings is 3. The van der Waals surface area contributed by atoms with Gasteiger partial charge in [-0.2, -0.15) is 5.10 Å². The molecule has 0 saturated carbocycles. The van der Waals surface area contributed by atoms with Crippen molar-refractivity contribution in [3.63, 3.8) is 0 Å². The smallest absolute Gasteiger partial charge is 0.161 e. The first-order valence-corrected chi connectivity index (χ1v) is 10.7. The second-order valence-electron chi connectivity index (χ2n) is 7.97. The molecule has 0 radical (unpaired) electrons. The van der Waals surface area contributed by atoms with Gasteiger partial charge in [-0.25, -0.2) is 9.97 Å². The molecule has 1 fully saturated rings. The normalized spacial score (nSPS) is 14.3. The van der Waals surface area contributed by atoms with Gasteiger partial charge in [-0.15, -0.1) is 0 Å². The van der Waals surface area contributed by atoms with Crippen LogP contribution in [0.25, 0.3) is 44.8 Å². The number of aromatic nitrogens is 7. The maximum atomic E-state index is 5.30. The Morgan fingerprint density at radius 3 is 2.66 bits per heavy atom. The number of piperidine rings is 1. The summed E-state index contributed by atoms with van der Waals surface area (Å²) in [5.41, 5.74) is 6.82. The largest absolute Gasteiger partial charge is 0.495 e. The van der Waals surface area contributed by atoms with Gasteiger partial charge in [0, 0.05) is 24.8 Å². The van der Waals surface area contributed by atoms with Gasteiger partial charge in [-0.05, 0) is 37.5 Å². The Kier molecular flexibility index (Phi) is 4.45. The zero-order valence-electron chi connectivity index (χ0n) is 17.7. The van der Waals surface area contributed by atoms with Crippen molar-refractivity contribution in [1.82, 2.24) is 35.1 Å². The summed E-state index contributed by atoms with van der Waals surface area (Å²) in [5.74, 6) is 1.36. The molecule has 0 bridgehead atoms. The third-order valence-electron chi connectivity index (χ3n) is 5.95. The van der Waals surface area contributed by atoms with Crippen LogP contribution in [0.15, 0.2) is 43.0 Å². The van der Waals surface area contributed by atoms with E-state index in [1.54, 1.807) is 19.5 Å². The number of H-pyrrole nitrogens is 2. The number of hydrogen-bond acceptors (Lipinski definition) is 7. The standard InChI is InChI=1S/C23H22N8O/c1-32-15-9-14(10-24-11-15)16-5-6-17-21(26-16)22(30-29-17)23-27-18-12-25-13-19(20(18)28-23)31-7-3-2-4-8-31/h5-6,9-13H,2-4,7-8H2,1H3,(H,27,28)(H,29,30). The van der Waals surface area contributed by atoms with Crippen molar-refractivity contribution in [3.05, 3.63) is 43.0 Å². The van der Waals surface area contributed by atoms with Crippen molar-refractivity contribution >= 4 is 27.8 Å². The molecule has 0 atom stereocenters. The highest BCUT2D eigenvalue weighted by Gasteiger charge is 2.19. The Hall–Kier alpha value is -4.01. The summed E-state index contributed by atoms with van der Waals surface area (Å²) in [4.78, 5) is 24.2. The van der Waals surface area contributed by atoms with Crippen molar-refractivity contribution in [1.29, 1.82) is 0 Å². The molecule has 0 unspecified atom stereocenters. The fraction of sp³-hybridized carbons (Fsp3) is 0.261. The van der Waals surface area contributed by atoms with Crippen LogP contribution in [0.3, 0.4) is 0 Å². The Morgan fingerprint density at radius 2 is 1.78 bits per heavy atom. The molecule has 9 heteroatoms. The highest BCUT2D eigenvalue weighted by molar-refractivity contribution is 5.94. The van der Waals surface area contributed by atoms with Crippen LogP contribution in [0, 0.1) is 0 Å². The number of aromatic amines is 2. The molecule has 2 N–H and O–H groups in total. The summed E-state index contributed by atoms with van der Waals surface area (Å²) in [5, 5.41) is 7.59. The Bertz CT molecular complexity index is 1420. The lowest BCUT2D eigenvalue weighted by atomic mass is 10.1. The van der Waals surface area contributed by atoms with Crippen molar-refractivity contribution < 1.29 is 4.74 Å². The van der Waals surface area contributed by atoms with Gasteiger partial charge in [-0.1, -0.05) is 0 Å². The Morgan fingerprint density at radius 1 is 0.906 bits per heavy atom. The summed E-state index contributed by atoms with van der Waals surface area (Å²) in [6.45, 7) is 2.07. The molecule has 0 spiro atoms. The van der Waals surface area contributed by atoms with Gasteiger partial charge >= 0.3 is 0 Å². The maximum absolute atomic E-state index is 5.30. The lowest BCUT2D eigenvalue weighted by Crippen LogP contribution is -2.29. The van der Waals surface area contributed by atoms with E-state index in [4.69, 9.17) is 14.7 Å². The Labute approximate surface area is 183 Å². The van der Waals surface area contributed by atoms with Crippen LogP contribution in [-0.4, -0.2) is 55.3 Å². The minimum atomic E-state index is 0.672. The SMILES string of the molecule is COc1cncc(-c2ccc3[nH]nc(-c4nc5c(N6CCCCC6)cncc5[nH]4)c3n2)c1. The Balaban J connectivity index is 1.45. The number of rotatable bonds is 4. The van der Waals surface area contributed by atoms with Crippen molar-refractivity contribution in [2.24, 2.45) is 0 Å². The highest BCUT2D eigenvalue weighted by atomic mass is 16.5. The van der Waals surface area contributed by atoms with Crippen LogP contribution in [0.4, 0.5) is 5.69 Å². The third kappa shape index (κ3) is 3.13. The van der Waals surface area contributed by atoms with E-state index in [1.165, 1.54) is 19.3 Å². The molecule has 32 heavy (non-hydrogen) atoms. The molecule has 0 aliphatic carbocycles. The first-order valence-electron chi connectivity index (χ1n) is 10.7. The van der Waals surface area contributed by atoms with Gasteiger partial charge in [0.25, 0.3) is 0 Å². The molecule has 6 rings (SSSR count). The average molecular weight is 426 g/mol. The van der Waals surface area contributed by atoms with E-state index in [-0.39, 0.29) is 0 Å². The maximum Gasteiger partial charge on any atom is 0.161 e. The van der Waals surface area contributed by atoms with Crippen LogP contribution in [0.5, 0.6) is 5.75 Å². The molecule has 160 valence electrons. The van der Waals surface area contributed by atoms with E-state index in [0.717, 1.165) is 52.1 Å². The first kappa shape index (κ1) is 18.7. The van der Waals surface area contributed by atoms with E-state index >= 15 is 0 Å². The van der Waals surface area contributed by atoms with E-state index in [0.29, 0.717) is 17.3 Å². The molecule has 6 heterocycles. The molecule has 5 aromatic heterocycles. The molecule has 1 saturated heterocycles. The number of hydrogen-bond donors (Lipinski definition) is 2. The third-order valence-corrected chi connectivity index (χ3v) is 5.95. The van der Waals surface area contributed by atoms with Crippen LogP contribution >= 0.6 is 0 Å².